The number of nitrogens with zero attached hydrogens (tertiary/aromatic N) is 2. The average molecular weight is 568 g/mol. The number of sulfonamides is 1. The molecule has 0 aliphatic carbocycles. The molecule has 7 nitrogen and oxygen atoms in total. The van der Waals surface area contributed by atoms with Crippen LogP contribution < -0.4 is 9.62 Å². The van der Waals surface area contributed by atoms with Crippen molar-refractivity contribution in [2.75, 3.05) is 17.1 Å². The molecule has 0 unspecified atom stereocenters. The van der Waals surface area contributed by atoms with E-state index in [4.69, 9.17) is 0 Å². The van der Waals surface area contributed by atoms with Crippen LogP contribution in [0.5, 0.6) is 0 Å². The minimum Gasteiger partial charge on any atom is -0.352 e. The summed E-state index contributed by atoms with van der Waals surface area (Å²) >= 11 is 0. The van der Waals surface area contributed by atoms with Crippen molar-refractivity contribution in [2.45, 2.75) is 59.2 Å². The fourth-order valence-electron chi connectivity index (χ4n) is 4.28. The van der Waals surface area contributed by atoms with Gasteiger partial charge in [0.25, 0.3) is 0 Å². The molecule has 0 saturated heterocycles. The largest absolute Gasteiger partial charge is 0.352 e. The van der Waals surface area contributed by atoms with Crippen LogP contribution in [0, 0.1) is 19.7 Å². The lowest BCUT2D eigenvalue weighted by molar-refractivity contribution is -0.140. The number of hydrogen-bond donors (Lipinski definition) is 1. The molecular formula is C31H38FN3O4S. The first kappa shape index (κ1) is 30.8. The molecule has 0 saturated carbocycles. The highest BCUT2D eigenvalue weighted by Crippen LogP contribution is 2.23. The molecule has 3 aromatic rings. The summed E-state index contributed by atoms with van der Waals surface area (Å²) in [6.45, 7) is 7.13. The normalized spacial score (nSPS) is 12.8. The number of carbonyl (C=O) groups excluding carboxylic acids is 2. The number of amides is 2. The minimum absolute atomic E-state index is 0.00489. The van der Waals surface area contributed by atoms with Crippen molar-refractivity contribution < 1.29 is 22.4 Å². The molecular weight excluding hydrogens is 529 g/mol. The lowest BCUT2D eigenvalue weighted by Gasteiger charge is -2.34. The molecule has 0 radical (unpaired) electrons. The van der Waals surface area contributed by atoms with Gasteiger partial charge >= 0.3 is 0 Å². The second-order valence-corrected chi connectivity index (χ2v) is 12.1. The number of carbonyl (C=O) groups is 2. The summed E-state index contributed by atoms with van der Waals surface area (Å²) < 4.78 is 40.5. The van der Waals surface area contributed by atoms with Gasteiger partial charge in [0.05, 0.1) is 11.9 Å². The van der Waals surface area contributed by atoms with Gasteiger partial charge in [-0.2, -0.15) is 0 Å². The van der Waals surface area contributed by atoms with Crippen molar-refractivity contribution in [1.29, 1.82) is 0 Å². The molecule has 1 N–H and O–H groups in total. The van der Waals surface area contributed by atoms with Crippen LogP contribution in [-0.4, -0.2) is 50.0 Å². The van der Waals surface area contributed by atoms with Crippen molar-refractivity contribution in [3.05, 3.63) is 101 Å². The molecule has 0 aliphatic heterocycles. The zero-order valence-electron chi connectivity index (χ0n) is 23.7. The Morgan fingerprint density at radius 1 is 0.925 bits per heavy atom. The molecule has 0 fully saturated rings. The molecule has 40 heavy (non-hydrogen) atoms. The molecule has 9 heteroatoms. The van der Waals surface area contributed by atoms with E-state index in [1.165, 1.54) is 17.0 Å². The number of aryl methyl sites for hydroxylation is 2. The zero-order valence-corrected chi connectivity index (χ0v) is 24.5. The quantitative estimate of drug-likeness (QED) is 0.342. The van der Waals surface area contributed by atoms with Crippen LogP contribution in [0.2, 0.25) is 0 Å². The smallest absolute Gasteiger partial charge is 0.244 e. The lowest BCUT2D eigenvalue weighted by atomic mass is 10.0. The summed E-state index contributed by atoms with van der Waals surface area (Å²) in [6.07, 6.45) is 1.97. The highest BCUT2D eigenvalue weighted by Gasteiger charge is 2.33. The highest BCUT2D eigenvalue weighted by molar-refractivity contribution is 7.92. The van der Waals surface area contributed by atoms with Gasteiger partial charge in [0.2, 0.25) is 21.8 Å². The van der Waals surface area contributed by atoms with Crippen LogP contribution in [0.25, 0.3) is 0 Å². The van der Waals surface area contributed by atoms with E-state index in [1.54, 1.807) is 30.3 Å². The molecule has 2 atom stereocenters. The number of rotatable bonds is 12. The van der Waals surface area contributed by atoms with Crippen molar-refractivity contribution in [1.82, 2.24) is 10.2 Å². The summed E-state index contributed by atoms with van der Waals surface area (Å²) in [7, 11) is -3.85. The third-order valence-corrected chi connectivity index (χ3v) is 8.14. The molecule has 0 aromatic heterocycles. The van der Waals surface area contributed by atoms with Crippen LogP contribution in [0.1, 0.15) is 42.5 Å². The number of anilines is 1. The third kappa shape index (κ3) is 8.39. The van der Waals surface area contributed by atoms with Gasteiger partial charge in [0.1, 0.15) is 18.4 Å². The van der Waals surface area contributed by atoms with E-state index in [2.05, 4.69) is 5.32 Å². The summed E-state index contributed by atoms with van der Waals surface area (Å²) in [5, 5.41) is 2.98. The topological polar surface area (TPSA) is 86.8 Å². The molecule has 214 valence electrons. The molecule has 3 aromatic carbocycles. The number of nitrogens with one attached hydrogen (secondary N) is 1. The summed E-state index contributed by atoms with van der Waals surface area (Å²) in [6, 6.07) is 19.2. The predicted molar refractivity (Wildman–Crippen MR) is 157 cm³/mol. The van der Waals surface area contributed by atoms with Gasteiger partial charge in [-0.1, -0.05) is 55.5 Å². The number of benzene rings is 3. The van der Waals surface area contributed by atoms with Crippen LogP contribution in [0.3, 0.4) is 0 Å². The first-order valence-corrected chi connectivity index (χ1v) is 15.2. The van der Waals surface area contributed by atoms with Crippen molar-refractivity contribution in [3.8, 4) is 0 Å². The first-order valence-electron chi connectivity index (χ1n) is 13.3. The fraction of sp³-hybridized carbons (Fsp3) is 0.355. The fourth-order valence-corrected chi connectivity index (χ4v) is 5.12. The number of halogens is 1. The maximum absolute atomic E-state index is 14.1. The van der Waals surface area contributed by atoms with Gasteiger partial charge in [-0.15, -0.1) is 0 Å². The van der Waals surface area contributed by atoms with E-state index in [-0.39, 0.29) is 24.9 Å². The molecule has 0 heterocycles. The Morgan fingerprint density at radius 3 is 2.15 bits per heavy atom. The average Bonchev–Trinajstić information content (AvgIpc) is 2.91. The van der Waals surface area contributed by atoms with E-state index in [1.807, 2.05) is 58.0 Å². The van der Waals surface area contributed by atoms with E-state index in [9.17, 15) is 22.4 Å². The standard InChI is InChI=1S/C31H38FN3O4S/c1-6-24(4)33-31(37)29(19-25-10-8-7-9-11-25)34(20-26-13-15-27(32)16-14-26)30(36)21-35(40(5,38)39)28-17-12-22(2)23(3)18-28/h7-18,24,29H,6,19-21H2,1-5H3,(H,33,37)/t24-,29+/m1/s1. The number of hydrogen-bond acceptors (Lipinski definition) is 4. The second-order valence-electron chi connectivity index (χ2n) is 10.2. The van der Waals surface area contributed by atoms with E-state index >= 15 is 0 Å². The molecule has 0 bridgehead atoms. The van der Waals surface area contributed by atoms with Crippen molar-refractivity contribution in [2.24, 2.45) is 0 Å². The molecule has 0 spiro atoms. The van der Waals surface area contributed by atoms with Gasteiger partial charge in [-0.25, -0.2) is 12.8 Å². The SMILES string of the molecule is CC[C@@H](C)NC(=O)[C@H](Cc1ccccc1)N(Cc1ccc(F)cc1)C(=O)CN(c1ccc(C)c(C)c1)S(C)(=O)=O. The third-order valence-electron chi connectivity index (χ3n) is 7.00. The summed E-state index contributed by atoms with van der Waals surface area (Å²) in [4.78, 5) is 29.1. The summed E-state index contributed by atoms with van der Waals surface area (Å²) in [5.41, 5.74) is 3.70. The van der Waals surface area contributed by atoms with E-state index in [0.29, 0.717) is 17.7 Å². The Balaban J connectivity index is 2.06. The van der Waals surface area contributed by atoms with Gasteiger partial charge in [0.15, 0.2) is 0 Å². The van der Waals surface area contributed by atoms with Gasteiger partial charge in [0, 0.05) is 19.0 Å². The van der Waals surface area contributed by atoms with Crippen LogP contribution in [0.4, 0.5) is 10.1 Å². The Kier molecular flexibility index (Phi) is 10.5. The van der Waals surface area contributed by atoms with Crippen LogP contribution >= 0.6 is 0 Å². The first-order chi connectivity index (χ1) is 18.9. The highest BCUT2D eigenvalue weighted by atomic mass is 32.2. The van der Waals surface area contributed by atoms with Gasteiger partial charge in [-0.05, 0) is 73.7 Å². The van der Waals surface area contributed by atoms with Gasteiger partial charge < -0.3 is 10.2 Å². The van der Waals surface area contributed by atoms with Crippen LogP contribution in [0.15, 0.2) is 72.8 Å². The predicted octanol–water partition coefficient (Wildman–Crippen LogP) is 4.76. The maximum Gasteiger partial charge on any atom is 0.244 e. The van der Waals surface area contributed by atoms with Crippen LogP contribution in [-0.2, 0) is 32.6 Å². The maximum atomic E-state index is 14.1. The van der Waals surface area contributed by atoms with Crippen molar-refractivity contribution in [3.63, 3.8) is 0 Å². The Hall–Kier alpha value is -3.72. The van der Waals surface area contributed by atoms with Gasteiger partial charge in [-0.3, -0.25) is 13.9 Å². The zero-order chi connectivity index (χ0) is 29.4. The Bertz CT molecular complexity index is 1410. The molecule has 2 amide bonds. The lowest BCUT2D eigenvalue weighted by Crippen LogP contribution is -2.54. The monoisotopic (exact) mass is 567 g/mol. The van der Waals surface area contributed by atoms with Crippen molar-refractivity contribution >= 4 is 27.5 Å². The Labute approximate surface area is 237 Å². The Morgan fingerprint density at radius 2 is 1.57 bits per heavy atom. The summed E-state index contributed by atoms with van der Waals surface area (Å²) in [5.74, 6) is -1.31. The second kappa shape index (κ2) is 13.6. The van der Waals surface area contributed by atoms with E-state index < -0.39 is 34.3 Å². The van der Waals surface area contributed by atoms with E-state index in [0.717, 1.165) is 27.3 Å². The minimum atomic E-state index is -3.85. The molecule has 0 aliphatic rings. The molecule has 3 rings (SSSR count).